The van der Waals surface area contributed by atoms with Crippen LogP contribution in [-0.4, -0.2) is 17.2 Å². The van der Waals surface area contributed by atoms with Gasteiger partial charge in [-0.3, -0.25) is 4.79 Å². The van der Waals surface area contributed by atoms with Crippen molar-refractivity contribution in [2.45, 2.75) is 13.8 Å². The molecule has 0 aliphatic heterocycles. The predicted octanol–water partition coefficient (Wildman–Crippen LogP) is 2.77. The molecule has 0 bridgehead atoms. The first-order valence-electron chi connectivity index (χ1n) is 6.26. The smallest absolute Gasteiger partial charge is 0.271 e. The van der Waals surface area contributed by atoms with Crippen molar-refractivity contribution in [3.63, 3.8) is 0 Å². The van der Waals surface area contributed by atoms with Gasteiger partial charge in [0.1, 0.15) is 5.75 Å². The molecule has 0 radical (unpaired) electrons. The number of aryl methyl sites for hydroxylation is 2. The molecule has 0 aromatic heterocycles. The Balaban J connectivity index is 2.00. The maximum absolute atomic E-state index is 11.8. The highest BCUT2D eigenvalue weighted by Gasteiger charge is 2.03. The van der Waals surface area contributed by atoms with E-state index in [1.807, 2.05) is 32.0 Å². The molecule has 0 saturated carbocycles. The van der Waals surface area contributed by atoms with E-state index in [2.05, 4.69) is 10.5 Å². The zero-order valence-electron chi connectivity index (χ0n) is 11.4. The maximum atomic E-state index is 11.8. The van der Waals surface area contributed by atoms with Crippen molar-refractivity contribution in [2.75, 3.05) is 0 Å². The van der Waals surface area contributed by atoms with Gasteiger partial charge in [0, 0.05) is 5.56 Å². The van der Waals surface area contributed by atoms with Crippen LogP contribution in [-0.2, 0) is 0 Å². The molecule has 4 heteroatoms. The molecule has 0 saturated heterocycles. The highest BCUT2D eigenvalue weighted by molar-refractivity contribution is 5.95. The zero-order chi connectivity index (χ0) is 14.5. The fourth-order valence-electron chi connectivity index (χ4n) is 1.69. The van der Waals surface area contributed by atoms with Gasteiger partial charge in [0.05, 0.1) is 6.21 Å². The number of aromatic hydroxyl groups is 1. The summed E-state index contributed by atoms with van der Waals surface area (Å²) in [6.07, 6.45) is 1.60. The molecular weight excluding hydrogens is 252 g/mol. The van der Waals surface area contributed by atoms with E-state index >= 15 is 0 Å². The lowest BCUT2D eigenvalue weighted by atomic mass is 10.1. The van der Waals surface area contributed by atoms with Crippen LogP contribution in [0.4, 0.5) is 0 Å². The summed E-state index contributed by atoms with van der Waals surface area (Å²) in [5.74, 6) is -0.190. The summed E-state index contributed by atoms with van der Waals surface area (Å²) < 4.78 is 0. The molecule has 0 fully saturated rings. The normalized spacial score (nSPS) is 10.7. The fraction of sp³-hybridized carbons (Fsp3) is 0.125. The summed E-state index contributed by atoms with van der Waals surface area (Å²) in [5.41, 5.74) is 6.22. The second-order valence-corrected chi connectivity index (χ2v) is 4.59. The molecule has 20 heavy (non-hydrogen) atoms. The van der Waals surface area contributed by atoms with Gasteiger partial charge >= 0.3 is 0 Å². The lowest BCUT2D eigenvalue weighted by Crippen LogP contribution is -2.17. The molecule has 1 amide bonds. The minimum absolute atomic E-state index is 0.125. The molecule has 0 spiro atoms. The van der Waals surface area contributed by atoms with Gasteiger partial charge in [0.2, 0.25) is 0 Å². The van der Waals surface area contributed by atoms with Crippen molar-refractivity contribution in [2.24, 2.45) is 5.10 Å². The third-order valence-corrected chi connectivity index (χ3v) is 3.04. The van der Waals surface area contributed by atoms with Gasteiger partial charge in [0.25, 0.3) is 5.91 Å². The first-order valence-corrected chi connectivity index (χ1v) is 6.26. The maximum Gasteiger partial charge on any atom is 0.271 e. The molecule has 2 aromatic carbocycles. The van der Waals surface area contributed by atoms with Crippen molar-refractivity contribution >= 4 is 12.1 Å². The van der Waals surface area contributed by atoms with Crippen LogP contribution < -0.4 is 5.43 Å². The average Bonchev–Trinajstić information content (AvgIpc) is 2.43. The number of amides is 1. The van der Waals surface area contributed by atoms with E-state index in [1.54, 1.807) is 6.21 Å². The minimum Gasteiger partial charge on any atom is -0.508 e. The molecule has 0 aliphatic rings. The highest BCUT2D eigenvalue weighted by atomic mass is 16.3. The molecule has 2 aromatic rings. The topological polar surface area (TPSA) is 61.7 Å². The largest absolute Gasteiger partial charge is 0.508 e. The molecule has 0 unspecified atom stereocenters. The number of nitrogens with one attached hydrogen (secondary N) is 1. The van der Waals surface area contributed by atoms with Crippen LogP contribution >= 0.6 is 0 Å². The standard InChI is InChI=1S/C16H16N2O2/c1-11-3-4-13(9-12(11)2)10-17-18-16(20)14-5-7-15(19)8-6-14/h3-10,19H,1-2H3,(H,18,20)/b17-10-. The van der Waals surface area contributed by atoms with Gasteiger partial charge in [-0.15, -0.1) is 0 Å². The monoisotopic (exact) mass is 268 g/mol. The van der Waals surface area contributed by atoms with Crippen LogP contribution in [0.15, 0.2) is 47.6 Å². The Hall–Kier alpha value is -2.62. The third-order valence-electron chi connectivity index (χ3n) is 3.04. The van der Waals surface area contributed by atoms with E-state index in [1.165, 1.54) is 35.4 Å². The van der Waals surface area contributed by atoms with Gasteiger partial charge in [-0.25, -0.2) is 5.43 Å². The number of hydrazone groups is 1. The van der Waals surface area contributed by atoms with Crippen LogP contribution in [0, 0.1) is 13.8 Å². The van der Waals surface area contributed by atoms with Crippen LogP contribution in [0.25, 0.3) is 0 Å². The van der Waals surface area contributed by atoms with Gasteiger partial charge in [0.15, 0.2) is 0 Å². The Labute approximate surface area is 117 Å². The van der Waals surface area contributed by atoms with Crippen LogP contribution in [0.3, 0.4) is 0 Å². The van der Waals surface area contributed by atoms with Crippen molar-refractivity contribution in [1.29, 1.82) is 0 Å². The van der Waals surface area contributed by atoms with E-state index in [9.17, 15) is 4.79 Å². The molecule has 2 rings (SSSR count). The van der Waals surface area contributed by atoms with Gasteiger partial charge in [-0.05, 0) is 54.8 Å². The van der Waals surface area contributed by atoms with Gasteiger partial charge in [-0.1, -0.05) is 18.2 Å². The summed E-state index contributed by atoms with van der Waals surface area (Å²) in [4.78, 5) is 11.8. The Morgan fingerprint density at radius 2 is 1.80 bits per heavy atom. The number of phenols is 1. The van der Waals surface area contributed by atoms with Crippen molar-refractivity contribution < 1.29 is 9.90 Å². The average molecular weight is 268 g/mol. The molecule has 0 atom stereocenters. The van der Waals surface area contributed by atoms with E-state index in [-0.39, 0.29) is 11.7 Å². The Morgan fingerprint density at radius 3 is 2.45 bits per heavy atom. The van der Waals surface area contributed by atoms with Gasteiger partial charge in [-0.2, -0.15) is 5.10 Å². The van der Waals surface area contributed by atoms with Crippen LogP contribution in [0.2, 0.25) is 0 Å². The highest BCUT2D eigenvalue weighted by Crippen LogP contribution is 2.10. The molecular formula is C16H16N2O2. The molecule has 102 valence electrons. The summed E-state index contributed by atoms with van der Waals surface area (Å²) in [6, 6.07) is 12.0. The minimum atomic E-state index is -0.315. The number of hydrogen-bond donors (Lipinski definition) is 2. The lowest BCUT2D eigenvalue weighted by molar-refractivity contribution is 0.0955. The number of carbonyl (C=O) groups is 1. The van der Waals surface area contributed by atoms with Crippen LogP contribution in [0.1, 0.15) is 27.0 Å². The summed E-state index contributed by atoms with van der Waals surface area (Å²) >= 11 is 0. The Kier molecular flexibility index (Phi) is 4.15. The Bertz CT molecular complexity index is 646. The summed E-state index contributed by atoms with van der Waals surface area (Å²) in [6.45, 7) is 4.07. The molecule has 0 aliphatic carbocycles. The van der Waals surface area contributed by atoms with Crippen molar-refractivity contribution in [1.82, 2.24) is 5.43 Å². The van der Waals surface area contributed by atoms with E-state index in [0.29, 0.717) is 5.56 Å². The predicted molar refractivity (Wildman–Crippen MR) is 79.1 cm³/mol. The quantitative estimate of drug-likeness (QED) is 0.664. The van der Waals surface area contributed by atoms with Crippen molar-refractivity contribution in [3.8, 4) is 5.75 Å². The first kappa shape index (κ1) is 13.8. The molecule has 2 N–H and O–H groups in total. The molecule has 0 heterocycles. The number of phenolic OH excluding ortho intramolecular Hbond substituents is 1. The van der Waals surface area contributed by atoms with Crippen LogP contribution in [0.5, 0.6) is 5.75 Å². The van der Waals surface area contributed by atoms with Crippen molar-refractivity contribution in [3.05, 3.63) is 64.7 Å². The Morgan fingerprint density at radius 1 is 1.10 bits per heavy atom. The van der Waals surface area contributed by atoms with E-state index in [4.69, 9.17) is 5.11 Å². The zero-order valence-corrected chi connectivity index (χ0v) is 11.4. The van der Waals surface area contributed by atoms with E-state index < -0.39 is 0 Å². The number of benzene rings is 2. The number of nitrogens with zero attached hydrogens (tertiary/aromatic N) is 1. The summed E-state index contributed by atoms with van der Waals surface area (Å²) in [7, 11) is 0. The third kappa shape index (κ3) is 3.45. The first-order chi connectivity index (χ1) is 9.56. The second kappa shape index (κ2) is 6.02. The number of hydrogen-bond acceptors (Lipinski definition) is 3. The van der Waals surface area contributed by atoms with Gasteiger partial charge < -0.3 is 5.11 Å². The SMILES string of the molecule is Cc1ccc(/C=N\NC(=O)c2ccc(O)cc2)cc1C. The lowest BCUT2D eigenvalue weighted by Gasteiger charge is -2.01. The fourth-order valence-corrected chi connectivity index (χ4v) is 1.69. The molecule has 4 nitrogen and oxygen atoms in total. The number of rotatable bonds is 3. The number of carbonyl (C=O) groups excluding carboxylic acids is 1. The summed E-state index contributed by atoms with van der Waals surface area (Å²) in [5, 5.41) is 13.1. The van der Waals surface area contributed by atoms with E-state index in [0.717, 1.165) is 5.56 Å². The second-order valence-electron chi connectivity index (χ2n) is 4.59.